The summed E-state index contributed by atoms with van der Waals surface area (Å²) in [5.74, 6) is 1.58. The van der Waals surface area contributed by atoms with E-state index < -0.39 is 0 Å². The van der Waals surface area contributed by atoms with Crippen LogP contribution in [0.3, 0.4) is 0 Å². The number of anilines is 1. The zero-order valence-electron chi connectivity index (χ0n) is 17.1. The fraction of sp³-hybridized carbons (Fsp3) is 0.417. The molecule has 2 heterocycles. The summed E-state index contributed by atoms with van der Waals surface area (Å²) in [5, 5.41) is 4.45. The van der Waals surface area contributed by atoms with E-state index in [0.717, 1.165) is 50.0 Å². The molecule has 2 aromatic carbocycles. The highest BCUT2D eigenvalue weighted by molar-refractivity contribution is 6.31. The van der Waals surface area contributed by atoms with Gasteiger partial charge in [-0.25, -0.2) is 0 Å². The van der Waals surface area contributed by atoms with E-state index in [4.69, 9.17) is 16.3 Å². The van der Waals surface area contributed by atoms with Gasteiger partial charge in [-0.1, -0.05) is 29.8 Å². The lowest BCUT2D eigenvalue weighted by atomic mass is 9.90. The average Bonchev–Trinajstić information content (AvgIpc) is 2.78. The molecule has 29 heavy (non-hydrogen) atoms. The van der Waals surface area contributed by atoms with Crippen LogP contribution in [0.1, 0.15) is 18.4 Å². The van der Waals surface area contributed by atoms with E-state index in [0.29, 0.717) is 5.92 Å². The Morgan fingerprint density at radius 1 is 1.10 bits per heavy atom. The van der Waals surface area contributed by atoms with Gasteiger partial charge in [-0.2, -0.15) is 0 Å². The molecule has 154 valence electrons. The second kappa shape index (κ2) is 9.55. The molecule has 0 aliphatic carbocycles. The minimum absolute atomic E-state index is 0.692. The van der Waals surface area contributed by atoms with Crippen LogP contribution in [0.2, 0.25) is 5.02 Å². The number of ether oxygens (including phenoxy) is 1. The monoisotopic (exact) mass is 411 g/mol. The number of piperidine rings is 1. The minimum Gasteiger partial charge on any atom is -0.497 e. The van der Waals surface area contributed by atoms with Crippen LogP contribution in [0, 0.1) is 5.92 Å². The normalized spacial score (nSPS) is 18.3. The van der Waals surface area contributed by atoms with Crippen LogP contribution >= 0.6 is 11.6 Å². The van der Waals surface area contributed by atoms with Crippen molar-refractivity contribution in [2.24, 2.45) is 5.92 Å². The zero-order chi connectivity index (χ0) is 20.1. The zero-order valence-corrected chi connectivity index (χ0v) is 17.9. The maximum absolute atomic E-state index is 6.40. The molecule has 0 radical (unpaired) electrons. The molecule has 0 aromatic heterocycles. The third kappa shape index (κ3) is 5.26. The van der Waals surface area contributed by atoms with Crippen LogP contribution in [0.4, 0.5) is 5.69 Å². The summed E-state index contributed by atoms with van der Waals surface area (Å²) < 4.78 is 5.35. The highest BCUT2D eigenvalue weighted by Crippen LogP contribution is 2.28. The van der Waals surface area contributed by atoms with Gasteiger partial charge in [0.1, 0.15) is 5.75 Å². The Labute approximate surface area is 179 Å². The molecular formula is C24H30ClN3O. The van der Waals surface area contributed by atoms with Crippen molar-refractivity contribution >= 4 is 17.3 Å². The van der Waals surface area contributed by atoms with Crippen molar-refractivity contribution in [1.82, 2.24) is 10.2 Å². The van der Waals surface area contributed by atoms with Crippen LogP contribution in [0.25, 0.3) is 0 Å². The van der Waals surface area contributed by atoms with Gasteiger partial charge in [0.25, 0.3) is 0 Å². The van der Waals surface area contributed by atoms with E-state index >= 15 is 0 Å². The molecule has 2 aliphatic heterocycles. The van der Waals surface area contributed by atoms with Gasteiger partial charge in [-0.15, -0.1) is 0 Å². The molecule has 2 aliphatic rings. The van der Waals surface area contributed by atoms with Crippen molar-refractivity contribution in [3.05, 3.63) is 70.9 Å². The number of benzene rings is 2. The predicted octanol–water partition coefficient (Wildman–Crippen LogP) is 4.55. The van der Waals surface area contributed by atoms with Gasteiger partial charge in [-0.3, -0.25) is 4.90 Å². The molecule has 1 saturated heterocycles. The van der Waals surface area contributed by atoms with Crippen LogP contribution in [0.15, 0.2) is 60.3 Å². The molecule has 0 spiro atoms. The number of nitrogens with one attached hydrogen (secondary N) is 1. The van der Waals surface area contributed by atoms with E-state index in [9.17, 15) is 0 Å². The number of para-hydroxylation sites is 1. The number of likely N-dealkylation sites (tertiary alicyclic amines) is 1. The summed E-state index contributed by atoms with van der Waals surface area (Å²) in [6, 6.07) is 16.6. The van der Waals surface area contributed by atoms with Gasteiger partial charge >= 0.3 is 0 Å². The highest BCUT2D eigenvalue weighted by atomic mass is 35.5. The summed E-state index contributed by atoms with van der Waals surface area (Å²) in [6.07, 6.45) is 5.81. The number of hydrogen-bond donors (Lipinski definition) is 1. The minimum atomic E-state index is 0.692. The molecule has 1 N–H and O–H groups in total. The van der Waals surface area contributed by atoms with Crippen molar-refractivity contribution < 1.29 is 4.74 Å². The Balaban J connectivity index is 1.25. The van der Waals surface area contributed by atoms with Crippen molar-refractivity contribution in [3.8, 4) is 5.75 Å². The molecule has 5 heteroatoms. The van der Waals surface area contributed by atoms with Crippen molar-refractivity contribution in [2.45, 2.75) is 19.3 Å². The van der Waals surface area contributed by atoms with Crippen LogP contribution < -0.4 is 15.0 Å². The average molecular weight is 412 g/mol. The number of hydrogen-bond acceptors (Lipinski definition) is 4. The Bertz CT molecular complexity index is 831. The first-order valence-electron chi connectivity index (χ1n) is 10.5. The number of methoxy groups -OCH3 is 1. The molecule has 2 aromatic rings. The number of nitrogens with zero attached hydrogens (tertiary/aromatic N) is 2. The molecule has 0 unspecified atom stereocenters. The molecule has 4 nitrogen and oxygen atoms in total. The fourth-order valence-electron chi connectivity index (χ4n) is 4.25. The molecular weight excluding hydrogens is 382 g/mol. The van der Waals surface area contributed by atoms with E-state index in [2.05, 4.69) is 57.6 Å². The lowest BCUT2D eigenvalue weighted by Crippen LogP contribution is -2.43. The third-order valence-electron chi connectivity index (χ3n) is 6.04. The quantitative estimate of drug-likeness (QED) is 0.754. The van der Waals surface area contributed by atoms with E-state index in [1.54, 1.807) is 7.11 Å². The molecule has 0 atom stereocenters. The third-order valence-corrected chi connectivity index (χ3v) is 6.41. The lowest BCUT2D eigenvalue weighted by Gasteiger charge is -2.35. The maximum Gasteiger partial charge on any atom is 0.119 e. The Morgan fingerprint density at radius 3 is 2.59 bits per heavy atom. The van der Waals surface area contributed by atoms with Gasteiger partial charge in [-0.05, 0) is 80.2 Å². The number of rotatable bonds is 6. The van der Waals surface area contributed by atoms with Gasteiger partial charge in [0.15, 0.2) is 0 Å². The second-order valence-corrected chi connectivity index (χ2v) is 8.41. The first kappa shape index (κ1) is 20.1. The van der Waals surface area contributed by atoms with Gasteiger partial charge < -0.3 is 15.0 Å². The fourth-order valence-corrected chi connectivity index (χ4v) is 4.44. The Morgan fingerprint density at radius 2 is 1.90 bits per heavy atom. The Hall–Kier alpha value is -2.17. The lowest BCUT2D eigenvalue weighted by molar-refractivity contribution is 0.194. The van der Waals surface area contributed by atoms with Crippen LogP contribution in [0.5, 0.6) is 5.75 Å². The van der Waals surface area contributed by atoms with Gasteiger partial charge in [0.2, 0.25) is 0 Å². The summed E-state index contributed by atoms with van der Waals surface area (Å²) >= 11 is 6.40. The van der Waals surface area contributed by atoms with E-state index in [1.165, 1.54) is 29.8 Å². The van der Waals surface area contributed by atoms with Crippen LogP contribution in [-0.2, 0) is 6.42 Å². The highest BCUT2D eigenvalue weighted by Gasteiger charge is 2.22. The van der Waals surface area contributed by atoms with Crippen molar-refractivity contribution in [3.63, 3.8) is 0 Å². The summed E-state index contributed by atoms with van der Waals surface area (Å²) in [5.41, 5.74) is 3.83. The molecule has 1 fully saturated rings. The van der Waals surface area contributed by atoms with Crippen molar-refractivity contribution in [1.29, 1.82) is 0 Å². The number of halogens is 1. The largest absolute Gasteiger partial charge is 0.497 e. The van der Waals surface area contributed by atoms with Gasteiger partial charge in [0, 0.05) is 29.5 Å². The SMILES string of the molecule is COc1ccc(Cl)c(CC2CCN(CC3=CCN(c4ccccc4)CN3)CC2)c1. The van der Waals surface area contributed by atoms with Gasteiger partial charge in [0.05, 0.1) is 13.8 Å². The molecule has 4 rings (SSSR count). The molecule has 0 bridgehead atoms. The first-order chi connectivity index (χ1) is 14.2. The Kier molecular flexibility index (Phi) is 6.63. The second-order valence-electron chi connectivity index (χ2n) is 8.00. The maximum atomic E-state index is 6.40. The topological polar surface area (TPSA) is 27.7 Å². The van der Waals surface area contributed by atoms with Crippen LogP contribution in [-0.4, -0.2) is 44.9 Å². The smallest absolute Gasteiger partial charge is 0.119 e. The molecule has 0 amide bonds. The summed E-state index contributed by atoms with van der Waals surface area (Å²) in [6.45, 7) is 5.16. The van der Waals surface area contributed by atoms with E-state index in [1.807, 2.05) is 12.1 Å². The summed E-state index contributed by atoms with van der Waals surface area (Å²) in [4.78, 5) is 4.92. The van der Waals surface area contributed by atoms with Crippen molar-refractivity contribution in [2.75, 3.05) is 44.9 Å². The first-order valence-corrected chi connectivity index (χ1v) is 10.9. The predicted molar refractivity (Wildman–Crippen MR) is 121 cm³/mol. The molecule has 0 saturated carbocycles. The standard InChI is InChI=1S/C24H30ClN3O/c1-29-23-7-8-24(25)20(16-23)15-19-9-12-27(13-10-19)17-21-11-14-28(18-26-21)22-5-3-2-4-6-22/h2-8,11,16,19,26H,9-10,12-15,17-18H2,1H3. The van der Waals surface area contributed by atoms with E-state index in [-0.39, 0.29) is 0 Å². The summed E-state index contributed by atoms with van der Waals surface area (Å²) in [7, 11) is 1.71.